The molecule has 0 saturated heterocycles. The van der Waals surface area contributed by atoms with E-state index in [1.54, 1.807) is 0 Å². The van der Waals surface area contributed by atoms with Crippen LogP contribution in [0.15, 0.2) is 54.1 Å². The molecular weight excluding hydrogens is 194 g/mol. The lowest BCUT2D eigenvalue weighted by Crippen LogP contribution is -2.21. The zero-order valence-electron chi connectivity index (χ0n) is 10.1. The zero-order valence-corrected chi connectivity index (χ0v) is 10.1. The molecule has 2 rings (SSSR count). The maximum atomic E-state index is 2.33. The normalized spacial score (nSPS) is 16.6. The molecule has 16 heavy (non-hydrogen) atoms. The Labute approximate surface area is 98.1 Å². The molecule has 0 bridgehead atoms. The Bertz CT molecular complexity index is 387. The summed E-state index contributed by atoms with van der Waals surface area (Å²) in [7, 11) is 4.27. The molecule has 1 nitrogen and oxygen atoms in total. The molecule has 1 aromatic rings. The third kappa shape index (κ3) is 2.61. The Morgan fingerprint density at radius 1 is 1.19 bits per heavy atom. The average Bonchev–Trinajstić information content (AvgIpc) is 2.80. The number of hydrogen-bond acceptors (Lipinski definition) is 1. The van der Waals surface area contributed by atoms with Gasteiger partial charge in [0.15, 0.2) is 0 Å². The Morgan fingerprint density at radius 2 is 1.94 bits per heavy atom. The first-order chi connectivity index (χ1) is 7.77. The largest absolute Gasteiger partial charge is 0.308 e. The number of benzene rings is 1. The fourth-order valence-electron chi connectivity index (χ4n) is 2.19. The summed E-state index contributed by atoms with van der Waals surface area (Å²) in [6.45, 7) is 1.07. The van der Waals surface area contributed by atoms with Gasteiger partial charge in [-0.2, -0.15) is 0 Å². The van der Waals surface area contributed by atoms with Crippen molar-refractivity contribution in [3.63, 3.8) is 0 Å². The van der Waals surface area contributed by atoms with Gasteiger partial charge in [-0.1, -0.05) is 48.6 Å². The lowest BCUT2D eigenvalue weighted by molar-refractivity contribution is 0.392. The van der Waals surface area contributed by atoms with E-state index in [0.717, 1.165) is 13.0 Å². The van der Waals surface area contributed by atoms with Crippen molar-refractivity contribution in [2.24, 2.45) is 0 Å². The van der Waals surface area contributed by atoms with Gasteiger partial charge in [-0.05, 0) is 31.7 Å². The summed E-state index contributed by atoms with van der Waals surface area (Å²) in [6, 6.07) is 10.8. The standard InChI is InChI=1S/C15H19N/c1-16(2)12-15(14-10-6-7-11-14)13-8-4-3-5-9-13/h3-6,8-11,15H,7,12H2,1-2H3. The van der Waals surface area contributed by atoms with Gasteiger partial charge in [-0.25, -0.2) is 0 Å². The van der Waals surface area contributed by atoms with E-state index in [4.69, 9.17) is 0 Å². The van der Waals surface area contributed by atoms with E-state index >= 15 is 0 Å². The highest BCUT2D eigenvalue weighted by Gasteiger charge is 2.16. The van der Waals surface area contributed by atoms with Crippen LogP contribution in [0.3, 0.4) is 0 Å². The molecule has 0 spiro atoms. The van der Waals surface area contributed by atoms with E-state index in [9.17, 15) is 0 Å². The van der Waals surface area contributed by atoms with Crippen LogP contribution < -0.4 is 0 Å². The van der Waals surface area contributed by atoms with Crippen molar-refractivity contribution >= 4 is 0 Å². The topological polar surface area (TPSA) is 3.24 Å². The Kier molecular flexibility index (Phi) is 3.58. The number of nitrogens with zero attached hydrogens (tertiary/aromatic N) is 1. The van der Waals surface area contributed by atoms with Gasteiger partial charge in [0.25, 0.3) is 0 Å². The van der Waals surface area contributed by atoms with Gasteiger partial charge in [0.1, 0.15) is 0 Å². The van der Waals surface area contributed by atoms with Gasteiger partial charge < -0.3 is 4.90 Å². The van der Waals surface area contributed by atoms with Crippen LogP contribution in [0, 0.1) is 0 Å². The lowest BCUT2D eigenvalue weighted by Gasteiger charge is -2.22. The lowest BCUT2D eigenvalue weighted by atomic mass is 9.91. The van der Waals surface area contributed by atoms with Crippen molar-refractivity contribution in [1.29, 1.82) is 0 Å². The average molecular weight is 213 g/mol. The molecule has 84 valence electrons. The molecule has 0 saturated carbocycles. The van der Waals surface area contributed by atoms with Crippen LogP contribution in [0.2, 0.25) is 0 Å². The van der Waals surface area contributed by atoms with Crippen molar-refractivity contribution < 1.29 is 0 Å². The van der Waals surface area contributed by atoms with E-state index in [-0.39, 0.29) is 0 Å². The first-order valence-corrected chi connectivity index (χ1v) is 5.83. The minimum Gasteiger partial charge on any atom is -0.308 e. The molecule has 0 aromatic heterocycles. The summed E-state index contributed by atoms with van der Waals surface area (Å²) in [5, 5.41) is 0. The van der Waals surface area contributed by atoms with E-state index in [0.29, 0.717) is 5.92 Å². The predicted molar refractivity (Wildman–Crippen MR) is 69.6 cm³/mol. The Morgan fingerprint density at radius 3 is 2.50 bits per heavy atom. The van der Waals surface area contributed by atoms with E-state index in [1.807, 2.05) is 0 Å². The molecular formula is C15H19N. The second kappa shape index (κ2) is 5.13. The summed E-state index contributed by atoms with van der Waals surface area (Å²) in [5.41, 5.74) is 2.87. The highest BCUT2D eigenvalue weighted by atomic mass is 15.1. The molecule has 0 fully saturated rings. The molecule has 0 N–H and O–H groups in total. The van der Waals surface area contributed by atoms with Gasteiger partial charge in [0.2, 0.25) is 0 Å². The third-order valence-corrected chi connectivity index (χ3v) is 2.95. The van der Waals surface area contributed by atoms with Gasteiger partial charge in [-0.15, -0.1) is 0 Å². The number of hydrogen-bond donors (Lipinski definition) is 0. The summed E-state index contributed by atoms with van der Waals surface area (Å²) < 4.78 is 0. The van der Waals surface area contributed by atoms with Crippen molar-refractivity contribution in [1.82, 2.24) is 4.90 Å². The van der Waals surface area contributed by atoms with Crippen LogP contribution in [0.4, 0.5) is 0 Å². The molecule has 1 aliphatic carbocycles. The van der Waals surface area contributed by atoms with Gasteiger partial charge in [0, 0.05) is 12.5 Å². The maximum absolute atomic E-state index is 2.33. The quantitative estimate of drug-likeness (QED) is 0.742. The zero-order chi connectivity index (χ0) is 11.4. The molecule has 0 amide bonds. The van der Waals surface area contributed by atoms with Crippen LogP contribution in [0.25, 0.3) is 0 Å². The monoisotopic (exact) mass is 213 g/mol. The summed E-state index contributed by atoms with van der Waals surface area (Å²) in [5.74, 6) is 0.509. The van der Waals surface area contributed by atoms with E-state index in [1.165, 1.54) is 11.1 Å². The Balaban J connectivity index is 2.24. The van der Waals surface area contributed by atoms with Crippen LogP contribution in [-0.2, 0) is 0 Å². The van der Waals surface area contributed by atoms with Gasteiger partial charge in [-0.3, -0.25) is 0 Å². The number of likely N-dealkylation sites (N-methyl/N-ethyl adjacent to an activating group) is 1. The van der Waals surface area contributed by atoms with Crippen LogP contribution >= 0.6 is 0 Å². The fourth-order valence-corrected chi connectivity index (χ4v) is 2.19. The van der Waals surface area contributed by atoms with E-state index in [2.05, 4.69) is 67.6 Å². The minimum absolute atomic E-state index is 0.509. The van der Waals surface area contributed by atoms with Gasteiger partial charge in [0.05, 0.1) is 0 Å². The first-order valence-electron chi connectivity index (χ1n) is 5.83. The smallest absolute Gasteiger partial charge is 0.0213 e. The van der Waals surface area contributed by atoms with E-state index < -0.39 is 0 Å². The second-order valence-corrected chi connectivity index (χ2v) is 4.57. The Hall–Kier alpha value is -1.34. The van der Waals surface area contributed by atoms with Crippen molar-refractivity contribution in [2.75, 3.05) is 20.6 Å². The second-order valence-electron chi connectivity index (χ2n) is 4.57. The number of allylic oxidation sites excluding steroid dienone is 3. The molecule has 1 unspecified atom stereocenters. The third-order valence-electron chi connectivity index (χ3n) is 2.95. The highest BCUT2D eigenvalue weighted by Crippen LogP contribution is 2.28. The SMILES string of the molecule is CN(C)CC(C1=CCC=C1)c1ccccc1. The van der Waals surface area contributed by atoms with Crippen LogP contribution in [-0.4, -0.2) is 25.5 Å². The summed E-state index contributed by atoms with van der Waals surface area (Å²) >= 11 is 0. The number of rotatable bonds is 4. The molecule has 1 atom stereocenters. The molecule has 1 heteroatoms. The van der Waals surface area contributed by atoms with Crippen molar-refractivity contribution in [2.45, 2.75) is 12.3 Å². The maximum Gasteiger partial charge on any atom is 0.0213 e. The van der Waals surface area contributed by atoms with Crippen LogP contribution in [0.5, 0.6) is 0 Å². The molecule has 0 aliphatic heterocycles. The van der Waals surface area contributed by atoms with Crippen molar-refractivity contribution in [3.05, 3.63) is 59.7 Å². The minimum atomic E-state index is 0.509. The predicted octanol–water partition coefficient (Wildman–Crippen LogP) is 3.22. The molecule has 0 radical (unpaired) electrons. The molecule has 1 aliphatic rings. The van der Waals surface area contributed by atoms with Crippen molar-refractivity contribution in [3.8, 4) is 0 Å². The summed E-state index contributed by atoms with van der Waals surface area (Å²) in [6.07, 6.45) is 7.93. The van der Waals surface area contributed by atoms with Gasteiger partial charge >= 0.3 is 0 Å². The van der Waals surface area contributed by atoms with Crippen LogP contribution in [0.1, 0.15) is 17.9 Å². The summed E-state index contributed by atoms with van der Waals surface area (Å²) in [4.78, 5) is 2.25. The molecule has 0 heterocycles. The highest BCUT2D eigenvalue weighted by molar-refractivity contribution is 5.38. The first kappa shape index (κ1) is 11.2. The molecule has 1 aromatic carbocycles. The fraction of sp³-hybridized carbons (Fsp3) is 0.333.